The van der Waals surface area contributed by atoms with Gasteiger partial charge in [-0.05, 0) is 6.07 Å². The number of rotatable bonds is 0. The third-order valence-electron chi connectivity index (χ3n) is 1.79. The summed E-state index contributed by atoms with van der Waals surface area (Å²) in [6.45, 7) is 3.72. The van der Waals surface area contributed by atoms with Gasteiger partial charge in [-0.15, -0.1) is 0 Å². The number of furan rings is 1. The lowest BCUT2D eigenvalue weighted by Gasteiger charge is -1.81. The van der Waals surface area contributed by atoms with Crippen LogP contribution in [-0.2, 0) is 4.79 Å². The monoisotopic (exact) mass is 158 g/mol. The van der Waals surface area contributed by atoms with Crippen molar-refractivity contribution in [2.75, 3.05) is 0 Å². The first-order valence-electron chi connectivity index (χ1n) is 3.54. The quantitative estimate of drug-likeness (QED) is 0.553. The van der Waals surface area contributed by atoms with Crippen molar-refractivity contribution in [3.63, 3.8) is 0 Å². The molecule has 0 aliphatic carbocycles. The molecule has 0 amide bonds. The molecule has 0 saturated heterocycles. The Hall–Kier alpha value is -1.79. The minimum atomic E-state index is 0.191. The lowest BCUT2D eigenvalue weighted by Crippen LogP contribution is -2.18. The summed E-state index contributed by atoms with van der Waals surface area (Å²) in [5.41, 5.74) is 0.872. The second kappa shape index (κ2) is 2.36. The Morgan fingerprint density at radius 1 is 1.33 bits per heavy atom. The Morgan fingerprint density at radius 3 is 2.75 bits per heavy atom. The van der Waals surface area contributed by atoms with E-state index in [1.54, 1.807) is 12.0 Å². The lowest BCUT2D eigenvalue weighted by molar-refractivity contribution is 0.537. The van der Waals surface area contributed by atoms with E-state index in [1.165, 1.54) is 0 Å². The minimum absolute atomic E-state index is 0.191. The molecule has 0 fully saturated rings. The highest BCUT2D eigenvalue weighted by Gasteiger charge is 1.98. The van der Waals surface area contributed by atoms with Crippen LogP contribution < -0.4 is 10.6 Å². The van der Waals surface area contributed by atoms with Gasteiger partial charge in [0.05, 0.1) is 0 Å². The van der Waals surface area contributed by atoms with Crippen molar-refractivity contribution in [2.24, 2.45) is 0 Å². The van der Waals surface area contributed by atoms with E-state index in [2.05, 4.69) is 6.58 Å². The van der Waals surface area contributed by atoms with Gasteiger partial charge in [0.1, 0.15) is 5.58 Å². The molecule has 2 rings (SSSR count). The Kier molecular flexibility index (Phi) is 1.36. The molecule has 0 bridgehead atoms. The fourth-order valence-corrected chi connectivity index (χ4v) is 1.18. The van der Waals surface area contributed by atoms with Gasteiger partial charge in [0.15, 0.2) is 5.94 Å². The summed E-state index contributed by atoms with van der Waals surface area (Å²) < 4.78 is 5.16. The van der Waals surface area contributed by atoms with Gasteiger partial charge in [0, 0.05) is 10.6 Å². The first-order valence-corrected chi connectivity index (χ1v) is 3.54. The maximum atomic E-state index is 10.3. The maximum Gasteiger partial charge on any atom is 0.217 e. The molecule has 0 radical (unpaired) electrons. The van der Waals surface area contributed by atoms with Gasteiger partial charge < -0.3 is 4.42 Å². The molecule has 0 saturated carbocycles. The van der Waals surface area contributed by atoms with Crippen LogP contribution >= 0.6 is 0 Å². The molecule has 0 aliphatic heterocycles. The van der Waals surface area contributed by atoms with Crippen LogP contribution in [0.1, 0.15) is 0 Å². The van der Waals surface area contributed by atoms with Crippen molar-refractivity contribution in [1.29, 1.82) is 0 Å². The number of hydrogen-bond donors (Lipinski definition) is 0. The molecule has 0 aliphatic rings. The summed E-state index contributed by atoms with van der Waals surface area (Å²) in [5.74, 6) is 1.71. The average molecular weight is 158 g/mol. The normalized spacial score (nSPS) is 10.0. The van der Waals surface area contributed by atoms with Crippen LogP contribution in [-0.4, -0.2) is 5.94 Å². The molecule has 1 heterocycles. The van der Waals surface area contributed by atoms with Gasteiger partial charge in [-0.3, -0.25) is 0 Å². The SMILES string of the molecule is C=c1c(=C=O)oc2ccccc12. The van der Waals surface area contributed by atoms with E-state index in [0.717, 1.165) is 5.39 Å². The molecule has 0 atom stereocenters. The molecule has 2 heteroatoms. The third kappa shape index (κ3) is 0.792. The van der Waals surface area contributed by atoms with Crippen molar-refractivity contribution in [2.45, 2.75) is 0 Å². The van der Waals surface area contributed by atoms with Gasteiger partial charge in [0.25, 0.3) is 0 Å². The van der Waals surface area contributed by atoms with Gasteiger partial charge in [-0.2, -0.15) is 0 Å². The summed E-state index contributed by atoms with van der Waals surface area (Å²) in [4.78, 5) is 10.3. The topological polar surface area (TPSA) is 30.2 Å². The van der Waals surface area contributed by atoms with E-state index in [-0.39, 0.29) is 5.42 Å². The van der Waals surface area contributed by atoms with Gasteiger partial charge in [-0.25, -0.2) is 4.79 Å². The van der Waals surface area contributed by atoms with Crippen molar-refractivity contribution in [3.8, 4) is 0 Å². The number of benzene rings is 1. The predicted molar refractivity (Wildman–Crippen MR) is 45.8 cm³/mol. The zero-order chi connectivity index (χ0) is 8.55. The van der Waals surface area contributed by atoms with E-state index in [1.807, 2.05) is 18.2 Å². The van der Waals surface area contributed by atoms with E-state index < -0.39 is 0 Å². The van der Waals surface area contributed by atoms with Crippen molar-refractivity contribution in [1.82, 2.24) is 0 Å². The third-order valence-corrected chi connectivity index (χ3v) is 1.79. The van der Waals surface area contributed by atoms with Gasteiger partial charge in [0.2, 0.25) is 5.42 Å². The summed E-state index contributed by atoms with van der Waals surface area (Å²) in [5, 5.41) is 1.48. The van der Waals surface area contributed by atoms with Crippen LogP contribution in [0.25, 0.3) is 17.5 Å². The molecule has 0 spiro atoms. The highest BCUT2D eigenvalue weighted by atomic mass is 16.3. The summed E-state index contributed by atoms with van der Waals surface area (Å²) in [7, 11) is 0. The van der Waals surface area contributed by atoms with Crippen LogP contribution in [0.15, 0.2) is 28.7 Å². The number of carbonyl (C=O) groups excluding carboxylic acids is 1. The Morgan fingerprint density at radius 2 is 2.08 bits per heavy atom. The summed E-state index contributed by atoms with van der Waals surface area (Å²) in [6.07, 6.45) is 0. The molecule has 0 unspecified atom stereocenters. The van der Waals surface area contributed by atoms with Crippen LogP contribution in [0, 0.1) is 0 Å². The second-order valence-corrected chi connectivity index (χ2v) is 2.51. The zero-order valence-corrected chi connectivity index (χ0v) is 6.33. The van der Waals surface area contributed by atoms with Gasteiger partial charge >= 0.3 is 0 Å². The molecule has 1 aromatic carbocycles. The van der Waals surface area contributed by atoms with Crippen LogP contribution in [0.2, 0.25) is 0 Å². The van der Waals surface area contributed by atoms with Crippen LogP contribution in [0.3, 0.4) is 0 Å². The smallest absolute Gasteiger partial charge is 0.217 e. The maximum absolute atomic E-state index is 10.3. The first-order chi connectivity index (χ1) is 5.83. The van der Waals surface area contributed by atoms with Gasteiger partial charge in [-0.1, -0.05) is 24.8 Å². The van der Waals surface area contributed by atoms with Crippen molar-refractivity contribution >= 4 is 23.5 Å². The summed E-state index contributed by atoms with van der Waals surface area (Å²) in [6, 6.07) is 7.38. The second-order valence-electron chi connectivity index (χ2n) is 2.51. The van der Waals surface area contributed by atoms with Crippen LogP contribution in [0.4, 0.5) is 0 Å². The summed E-state index contributed by atoms with van der Waals surface area (Å²) >= 11 is 0. The fraction of sp³-hybridized carbons (Fsp3) is 0. The molecule has 2 nitrogen and oxygen atoms in total. The predicted octanol–water partition coefficient (Wildman–Crippen LogP) is 0.346. The van der Waals surface area contributed by atoms with Crippen molar-refractivity contribution < 1.29 is 9.21 Å². The molecule has 0 N–H and O–H groups in total. The average Bonchev–Trinajstić information content (AvgIpc) is 2.44. The Bertz CT molecular complexity index is 545. The Balaban J connectivity index is 3.19. The molecule has 1 aromatic heterocycles. The highest BCUT2D eigenvalue weighted by Crippen LogP contribution is 2.05. The number of para-hydroxylation sites is 1. The van der Waals surface area contributed by atoms with E-state index in [0.29, 0.717) is 10.8 Å². The Labute approximate surface area is 68.4 Å². The molecular weight excluding hydrogens is 152 g/mol. The zero-order valence-electron chi connectivity index (χ0n) is 6.33. The molecule has 12 heavy (non-hydrogen) atoms. The van der Waals surface area contributed by atoms with E-state index in [4.69, 9.17) is 4.42 Å². The molecule has 2 aromatic rings. The molecule has 58 valence electrons. The van der Waals surface area contributed by atoms with E-state index >= 15 is 0 Å². The largest absolute Gasteiger partial charge is 0.444 e. The fourth-order valence-electron chi connectivity index (χ4n) is 1.18. The first kappa shape index (κ1) is 6.89. The molecular formula is C10H6O2. The minimum Gasteiger partial charge on any atom is -0.444 e. The lowest BCUT2D eigenvalue weighted by atomic mass is 10.2. The van der Waals surface area contributed by atoms with E-state index in [9.17, 15) is 4.79 Å². The standard InChI is InChI=1S/C10H6O2/c1-7-8-4-2-3-5-9(8)12-10(7)6-11/h2-5H,1H2. The highest BCUT2D eigenvalue weighted by molar-refractivity contribution is 5.78. The van der Waals surface area contributed by atoms with Crippen molar-refractivity contribution in [3.05, 3.63) is 34.9 Å². The van der Waals surface area contributed by atoms with Crippen LogP contribution in [0.5, 0.6) is 0 Å². The number of hydrogen-bond acceptors (Lipinski definition) is 2. The number of fused-ring (bicyclic) bond motifs is 1.